The summed E-state index contributed by atoms with van der Waals surface area (Å²) in [7, 11) is 2.02. The van der Waals surface area contributed by atoms with Gasteiger partial charge in [0.25, 0.3) is 0 Å². The van der Waals surface area contributed by atoms with Crippen molar-refractivity contribution in [2.75, 3.05) is 13.7 Å². The van der Waals surface area contributed by atoms with Crippen LogP contribution in [-0.2, 0) is 0 Å². The van der Waals surface area contributed by atoms with Gasteiger partial charge in [0.15, 0.2) is 0 Å². The van der Waals surface area contributed by atoms with Crippen molar-refractivity contribution in [3.05, 3.63) is 41.1 Å². The summed E-state index contributed by atoms with van der Waals surface area (Å²) in [6.07, 6.45) is 2.05. The third-order valence-corrected chi connectivity index (χ3v) is 2.96. The summed E-state index contributed by atoms with van der Waals surface area (Å²) in [6, 6.07) is 8.66. The number of likely N-dealkylation sites (N-methyl/N-ethyl adjacent to an activating group) is 1. The van der Waals surface area contributed by atoms with Crippen LogP contribution in [0.25, 0.3) is 6.08 Å². The lowest BCUT2D eigenvalue weighted by molar-refractivity contribution is 0.243. The number of benzene rings is 1. The van der Waals surface area contributed by atoms with E-state index in [-0.39, 0.29) is 6.61 Å². The maximum absolute atomic E-state index is 9.19. The van der Waals surface area contributed by atoms with Crippen molar-refractivity contribution in [2.24, 2.45) is 0 Å². The number of rotatable bonds is 1. The Labute approximate surface area is 84.5 Å². The Morgan fingerprint density at radius 1 is 1.36 bits per heavy atom. The van der Waals surface area contributed by atoms with Crippen molar-refractivity contribution in [2.45, 2.75) is 13.0 Å². The van der Waals surface area contributed by atoms with Gasteiger partial charge in [0.05, 0.1) is 12.6 Å². The minimum Gasteiger partial charge on any atom is -0.390 e. The fourth-order valence-electron chi connectivity index (χ4n) is 1.92. The molecule has 0 unspecified atom stereocenters. The maximum Gasteiger partial charge on any atom is 0.0829 e. The third-order valence-electron chi connectivity index (χ3n) is 2.96. The predicted molar refractivity (Wildman–Crippen MR) is 57.7 cm³/mol. The van der Waals surface area contributed by atoms with Gasteiger partial charge in [-0.15, -0.1) is 0 Å². The molecule has 0 aliphatic carbocycles. The third kappa shape index (κ3) is 1.32. The molecule has 0 radical (unpaired) electrons. The highest BCUT2D eigenvalue weighted by Gasteiger charge is 2.20. The van der Waals surface area contributed by atoms with E-state index in [4.69, 9.17) is 0 Å². The first kappa shape index (κ1) is 9.28. The van der Waals surface area contributed by atoms with Gasteiger partial charge in [-0.05, 0) is 24.1 Å². The molecule has 0 aromatic heterocycles. The average Bonchev–Trinajstić information content (AvgIpc) is 2.23. The molecule has 1 aromatic carbocycles. The van der Waals surface area contributed by atoms with Crippen LogP contribution in [0, 0.1) is 0 Å². The van der Waals surface area contributed by atoms with E-state index in [2.05, 4.69) is 36.1 Å². The number of hydrogen-bond acceptors (Lipinski definition) is 2. The van der Waals surface area contributed by atoms with Crippen LogP contribution in [0.3, 0.4) is 0 Å². The fraction of sp³-hybridized carbons (Fsp3) is 0.333. The lowest BCUT2D eigenvalue weighted by atomic mass is 9.95. The summed E-state index contributed by atoms with van der Waals surface area (Å²) in [6.45, 7) is 2.26. The summed E-state index contributed by atoms with van der Waals surface area (Å²) in [5.74, 6) is 0. The summed E-state index contributed by atoms with van der Waals surface area (Å²) in [4.78, 5) is 2.11. The van der Waals surface area contributed by atoms with Gasteiger partial charge in [-0.2, -0.15) is 0 Å². The molecule has 0 spiro atoms. The summed E-state index contributed by atoms with van der Waals surface area (Å²) in [5.41, 5.74) is 3.53. The SMILES string of the molecule is C[C@H]1c2ccccc2C=C(CO)N1C. The first-order valence-corrected chi connectivity index (χ1v) is 4.87. The smallest absolute Gasteiger partial charge is 0.0829 e. The highest BCUT2D eigenvalue weighted by Crippen LogP contribution is 2.31. The molecule has 14 heavy (non-hydrogen) atoms. The van der Waals surface area contributed by atoms with E-state index >= 15 is 0 Å². The van der Waals surface area contributed by atoms with Gasteiger partial charge in [-0.1, -0.05) is 24.3 Å². The van der Waals surface area contributed by atoms with Crippen molar-refractivity contribution >= 4 is 6.08 Å². The Morgan fingerprint density at radius 3 is 2.79 bits per heavy atom. The molecule has 2 heteroatoms. The number of aliphatic hydroxyl groups is 1. The van der Waals surface area contributed by atoms with Crippen LogP contribution in [0.4, 0.5) is 0 Å². The molecule has 1 aliphatic heterocycles. The van der Waals surface area contributed by atoms with Crippen molar-refractivity contribution in [3.63, 3.8) is 0 Å². The molecule has 2 nitrogen and oxygen atoms in total. The summed E-state index contributed by atoms with van der Waals surface area (Å²) < 4.78 is 0. The fourth-order valence-corrected chi connectivity index (χ4v) is 1.92. The predicted octanol–water partition coefficient (Wildman–Crippen LogP) is 2.03. The normalized spacial score (nSPS) is 20.4. The molecular weight excluding hydrogens is 174 g/mol. The Morgan fingerprint density at radius 2 is 2.07 bits per heavy atom. The van der Waals surface area contributed by atoms with Crippen LogP contribution >= 0.6 is 0 Å². The topological polar surface area (TPSA) is 23.5 Å². The molecule has 1 heterocycles. The molecule has 74 valence electrons. The molecule has 0 amide bonds. The monoisotopic (exact) mass is 189 g/mol. The second-order valence-corrected chi connectivity index (χ2v) is 3.71. The Hall–Kier alpha value is -1.28. The number of hydrogen-bond donors (Lipinski definition) is 1. The standard InChI is InChI=1S/C12H15NO/c1-9-12-6-4-3-5-10(12)7-11(8-14)13(9)2/h3-7,9,14H,8H2,1-2H3/t9-/m0/s1. The zero-order valence-electron chi connectivity index (χ0n) is 8.57. The van der Waals surface area contributed by atoms with E-state index in [0.29, 0.717) is 6.04 Å². The number of aliphatic hydroxyl groups excluding tert-OH is 1. The van der Waals surface area contributed by atoms with Gasteiger partial charge in [-0.3, -0.25) is 0 Å². The van der Waals surface area contributed by atoms with E-state index in [1.807, 2.05) is 13.1 Å². The molecule has 0 bridgehead atoms. The molecule has 0 saturated heterocycles. The van der Waals surface area contributed by atoms with Crippen molar-refractivity contribution < 1.29 is 5.11 Å². The quantitative estimate of drug-likeness (QED) is 0.730. The molecule has 2 rings (SSSR count). The zero-order valence-corrected chi connectivity index (χ0v) is 8.57. The highest BCUT2D eigenvalue weighted by atomic mass is 16.3. The van der Waals surface area contributed by atoms with Crippen molar-refractivity contribution in [3.8, 4) is 0 Å². The minimum atomic E-state index is 0.106. The lowest BCUT2D eigenvalue weighted by Gasteiger charge is -2.33. The van der Waals surface area contributed by atoms with Gasteiger partial charge in [0, 0.05) is 12.7 Å². The summed E-state index contributed by atoms with van der Waals surface area (Å²) >= 11 is 0. The highest BCUT2D eigenvalue weighted by molar-refractivity contribution is 5.60. The van der Waals surface area contributed by atoms with E-state index in [1.54, 1.807) is 0 Å². The van der Waals surface area contributed by atoms with E-state index in [0.717, 1.165) is 5.70 Å². The average molecular weight is 189 g/mol. The van der Waals surface area contributed by atoms with Crippen LogP contribution < -0.4 is 0 Å². The molecule has 0 saturated carbocycles. The molecule has 1 aliphatic rings. The molecule has 0 fully saturated rings. The number of nitrogens with zero attached hydrogens (tertiary/aromatic N) is 1. The first-order chi connectivity index (χ1) is 6.74. The van der Waals surface area contributed by atoms with Crippen LogP contribution in [-0.4, -0.2) is 23.7 Å². The van der Waals surface area contributed by atoms with Gasteiger partial charge < -0.3 is 10.0 Å². The van der Waals surface area contributed by atoms with Crippen LogP contribution in [0.2, 0.25) is 0 Å². The Kier molecular flexibility index (Phi) is 2.30. The largest absolute Gasteiger partial charge is 0.390 e. The van der Waals surface area contributed by atoms with E-state index in [9.17, 15) is 5.11 Å². The molecule has 1 aromatic rings. The van der Waals surface area contributed by atoms with Crippen molar-refractivity contribution in [1.82, 2.24) is 4.90 Å². The lowest BCUT2D eigenvalue weighted by Crippen LogP contribution is -2.27. The van der Waals surface area contributed by atoms with Gasteiger partial charge in [-0.25, -0.2) is 0 Å². The second kappa shape index (κ2) is 3.46. The Balaban J connectivity index is 2.51. The van der Waals surface area contributed by atoms with Crippen LogP contribution in [0.1, 0.15) is 24.1 Å². The molecular formula is C12H15NO. The van der Waals surface area contributed by atoms with Gasteiger partial charge in [0.2, 0.25) is 0 Å². The number of fused-ring (bicyclic) bond motifs is 1. The van der Waals surface area contributed by atoms with Gasteiger partial charge in [0.1, 0.15) is 0 Å². The first-order valence-electron chi connectivity index (χ1n) is 4.87. The summed E-state index contributed by atoms with van der Waals surface area (Å²) in [5, 5.41) is 9.19. The molecule has 1 N–H and O–H groups in total. The second-order valence-electron chi connectivity index (χ2n) is 3.71. The zero-order chi connectivity index (χ0) is 10.1. The van der Waals surface area contributed by atoms with Crippen LogP contribution in [0.5, 0.6) is 0 Å². The van der Waals surface area contributed by atoms with Crippen LogP contribution in [0.15, 0.2) is 30.0 Å². The van der Waals surface area contributed by atoms with Crippen molar-refractivity contribution in [1.29, 1.82) is 0 Å². The molecule has 1 atom stereocenters. The maximum atomic E-state index is 9.19. The van der Waals surface area contributed by atoms with Gasteiger partial charge >= 0.3 is 0 Å². The minimum absolute atomic E-state index is 0.106. The Bertz CT molecular complexity index is 370. The van der Waals surface area contributed by atoms with E-state index in [1.165, 1.54) is 11.1 Å². The van der Waals surface area contributed by atoms with E-state index < -0.39 is 0 Å².